The van der Waals surface area contributed by atoms with Crippen molar-refractivity contribution in [2.24, 2.45) is 5.92 Å². The van der Waals surface area contributed by atoms with Gasteiger partial charge in [0.25, 0.3) is 0 Å². The highest BCUT2D eigenvalue weighted by molar-refractivity contribution is 5.95. The first-order valence-corrected chi connectivity index (χ1v) is 11.8. The average molecular weight is 455 g/mol. The van der Waals surface area contributed by atoms with E-state index < -0.39 is 12.0 Å². The monoisotopic (exact) mass is 454 g/mol. The molecule has 2 fully saturated rings. The highest BCUT2D eigenvalue weighted by atomic mass is 16.5. The summed E-state index contributed by atoms with van der Waals surface area (Å²) in [6, 6.07) is 7.09. The molecule has 1 saturated carbocycles. The van der Waals surface area contributed by atoms with Gasteiger partial charge in [-0.25, -0.2) is 9.59 Å². The summed E-state index contributed by atoms with van der Waals surface area (Å²) < 4.78 is 5.42. The van der Waals surface area contributed by atoms with Gasteiger partial charge in [-0.3, -0.25) is 14.6 Å². The summed E-state index contributed by atoms with van der Waals surface area (Å²) in [5.41, 5.74) is 3.06. The lowest BCUT2D eigenvalue weighted by molar-refractivity contribution is -0.139. The van der Waals surface area contributed by atoms with E-state index in [1.165, 1.54) is 4.90 Å². The lowest BCUT2D eigenvalue weighted by atomic mass is 9.93. The maximum absolute atomic E-state index is 13.1. The Morgan fingerprint density at radius 2 is 1.85 bits per heavy atom. The van der Waals surface area contributed by atoms with E-state index in [1.54, 1.807) is 14.0 Å². The summed E-state index contributed by atoms with van der Waals surface area (Å²) in [6.45, 7) is 8.61. The zero-order valence-corrected chi connectivity index (χ0v) is 20.0. The Morgan fingerprint density at radius 3 is 2.45 bits per heavy atom. The second kappa shape index (κ2) is 9.55. The zero-order valence-electron chi connectivity index (χ0n) is 20.0. The number of nitrogens with one attached hydrogen (secondary N) is 1. The minimum Gasteiger partial charge on any atom is -0.463 e. The number of nitrogens with zero attached hydrogens (tertiary/aromatic N) is 3. The summed E-state index contributed by atoms with van der Waals surface area (Å²) in [7, 11) is 1.69. The SMILES string of the molecule is CCOC(=O)C1=C(CN2CCN(C(=O)C3CC3)[C@@H](C)C2)N(C)C(=O)N[C@@H]1c1ccc(C)cc1. The van der Waals surface area contributed by atoms with Crippen LogP contribution in [0.5, 0.6) is 0 Å². The van der Waals surface area contributed by atoms with Gasteiger partial charge >= 0.3 is 12.0 Å². The molecule has 1 aromatic carbocycles. The molecule has 1 aromatic rings. The second-order valence-electron chi connectivity index (χ2n) is 9.32. The van der Waals surface area contributed by atoms with Crippen molar-refractivity contribution in [2.75, 3.05) is 39.8 Å². The standard InChI is InChI=1S/C25H34N4O4/c1-5-33-24(31)21-20(15-28-12-13-29(17(3)14-28)23(30)19-10-11-19)27(4)25(32)26-22(21)18-8-6-16(2)7-9-18/h6-9,17,19,22H,5,10-15H2,1-4H3,(H,26,32)/t17-,22+/m0/s1. The molecule has 1 saturated heterocycles. The third kappa shape index (κ3) is 4.90. The predicted octanol–water partition coefficient (Wildman–Crippen LogP) is 2.45. The molecule has 0 bridgehead atoms. The van der Waals surface area contributed by atoms with E-state index >= 15 is 0 Å². The van der Waals surface area contributed by atoms with Crippen molar-refractivity contribution >= 4 is 17.9 Å². The van der Waals surface area contributed by atoms with Gasteiger partial charge in [0, 0.05) is 50.9 Å². The number of carbonyl (C=O) groups is 3. The molecule has 0 spiro atoms. The molecule has 1 N–H and O–H groups in total. The number of amides is 3. The molecule has 2 heterocycles. The van der Waals surface area contributed by atoms with Gasteiger partial charge in [-0.1, -0.05) is 29.8 Å². The molecule has 178 valence electrons. The van der Waals surface area contributed by atoms with Crippen LogP contribution in [-0.4, -0.2) is 78.5 Å². The first-order chi connectivity index (χ1) is 15.8. The lowest BCUT2D eigenvalue weighted by Gasteiger charge is -2.42. The van der Waals surface area contributed by atoms with E-state index in [-0.39, 0.29) is 30.5 Å². The number of hydrogen-bond acceptors (Lipinski definition) is 5. The fourth-order valence-corrected chi connectivity index (χ4v) is 4.69. The Hall–Kier alpha value is -2.87. The minimum absolute atomic E-state index is 0.0918. The predicted molar refractivity (Wildman–Crippen MR) is 124 cm³/mol. The Balaban J connectivity index is 1.62. The Bertz CT molecular complexity index is 954. The Morgan fingerprint density at radius 1 is 1.15 bits per heavy atom. The number of benzene rings is 1. The van der Waals surface area contributed by atoms with Crippen LogP contribution in [0.2, 0.25) is 0 Å². The molecule has 8 nitrogen and oxygen atoms in total. The topological polar surface area (TPSA) is 82.2 Å². The van der Waals surface area contributed by atoms with Crippen LogP contribution in [0.1, 0.15) is 43.9 Å². The van der Waals surface area contributed by atoms with Crippen LogP contribution < -0.4 is 5.32 Å². The molecule has 0 unspecified atom stereocenters. The minimum atomic E-state index is -0.571. The number of likely N-dealkylation sites (N-methyl/N-ethyl adjacent to an activating group) is 1. The van der Waals surface area contributed by atoms with Gasteiger partial charge in [0.15, 0.2) is 0 Å². The van der Waals surface area contributed by atoms with Crippen LogP contribution in [0.3, 0.4) is 0 Å². The van der Waals surface area contributed by atoms with Crippen molar-refractivity contribution in [2.45, 2.75) is 45.7 Å². The van der Waals surface area contributed by atoms with Crippen molar-refractivity contribution < 1.29 is 19.1 Å². The van der Waals surface area contributed by atoms with Gasteiger partial charge < -0.3 is 15.0 Å². The molecule has 3 amide bonds. The molecular weight excluding hydrogens is 420 g/mol. The molecule has 2 atom stereocenters. The highest BCUT2D eigenvalue weighted by Crippen LogP contribution is 2.34. The van der Waals surface area contributed by atoms with Gasteiger partial charge in [0.1, 0.15) is 0 Å². The smallest absolute Gasteiger partial charge is 0.338 e. The van der Waals surface area contributed by atoms with Gasteiger partial charge in [-0.2, -0.15) is 0 Å². The fraction of sp³-hybridized carbons (Fsp3) is 0.560. The van der Waals surface area contributed by atoms with Crippen LogP contribution in [-0.2, 0) is 14.3 Å². The van der Waals surface area contributed by atoms with E-state index in [1.807, 2.05) is 36.1 Å². The number of piperazine rings is 1. The van der Waals surface area contributed by atoms with Crippen molar-refractivity contribution in [3.63, 3.8) is 0 Å². The first kappa shape index (κ1) is 23.3. The summed E-state index contributed by atoms with van der Waals surface area (Å²) >= 11 is 0. The van der Waals surface area contributed by atoms with E-state index in [4.69, 9.17) is 4.74 Å². The third-order valence-corrected chi connectivity index (χ3v) is 6.78. The highest BCUT2D eigenvalue weighted by Gasteiger charge is 2.40. The molecular formula is C25H34N4O4. The van der Waals surface area contributed by atoms with Crippen LogP contribution >= 0.6 is 0 Å². The number of hydrogen-bond donors (Lipinski definition) is 1. The van der Waals surface area contributed by atoms with E-state index in [9.17, 15) is 14.4 Å². The molecule has 0 radical (unpaired) electrons. The van der Waals surface area contributed by atoms with Crippen molar-refractivity contribution in [3.05, 3.63) is 46.7 Å². The normalized spacial score (nSPS) is 24.1. The zero-order chi connectivity index (χ0) is 23.7. The largest absolute Gasteiger partial charge is 0.463 e. The number of urea groups is 1. The summed E-state index contributed by atoms with van der Waals surface area (Å²) in [6.07, 6.45) is 2.00. The first-order valence-electron chi connectivity index (χ1n) is 11.8. The van der Waals surface area contributed by atoms with Gasteiger partial charge in [0.05, 0.1) is 18.2 Å². The average Bonchev–Trinajstić information content (AvgIpc) is 3.62. The van der Waals surface area contributed by atoms with Gasteiger partial charge in [-0.15, -0.1) is 0 Å². The summed E-state index contributed by atoms with van der Waals surface area (Å²) in [5.74, 6) is 0.0586. The molecule has 8 heteroatoms. The number of ether oxygens (including phenoxy) is 1. The number of esters is 1. The lowest BCUT2D eigenvalue weighted by Crippen LogP contribution is -2.56. The van der Waals surface area contributed by atoms with Crippen LogP contribution in [0.4, 0.5) is 4.79 Å². The van der Waals surface area contributed by atoms with Crippen LogP contribution in [0.15, 0.2) is 35.5 Å². The maximum Gasteiger partial charge on any atom is 0.338 e. The quantitative estimate of drug-likeness (QED) is 0.668. The summed E-state index contributed by atoms with van der Waals surface area (Å²) in [4.78, 5) is 44.3. The number of carbonyl (C=O) groups excluding carboxylic acids is 3. The Kier molecular flexibility index (Phi) is 6.74. The van der Waals surface area contributed by atoms with Gasteiger partial charge in [-0.05, 0) is 39.2 Å². The number of rotatable bonds is 6. The van der Waals surface area contributed by atoms with Crippen LogP contribution in [0, 0.1) is 12.8 Å². The van der Waals surface area contributed by atoms with E-state index in [0.29, 0.717) is 37.4 Å². The Labute approximate surface area is 195 Å². The molecule has 0 aromatic heterocycles. The third-order valence-electron chi connectivity index (χ3n) is 6.78. The molecule has 33 heavy (non-hydrogen) atoms. The summed E-state index contributed by atoms with van der Waals surface area (Å²) in [5, 5.41) is 2.97. The van der Waals surface area contributed by atoms with Crippen LogP contribution in [0.25, 0.3) is 0 Å². The fourth-order valence-electron chi connectivity index (χ4n) is 4.69. The number of aryl methyl sites for hydroxylation is 1. The maximum atomic E-state index is 13.1. The van der Waals surface area contributed by atoms with Crippen molar-refractivity contribution in [3.8, 4) is 0 Å². The van der Waals surface area contributed by atoms with E-state index in [2.05, 4.69) is 17.1 Å². The van der Waals surface area contributed by atoms with Crippen molar-refractivity contribution in [1.29, 1.82) is 0 Å². The molecule has 3 aliphatic rings. The molecule has 4 rings (SSSR count). The second-order valence-corrected chi connectivity index (χ2v) is 9.32. The van der Waals surface area contributed by atoms with E-state index in [0.717, 1.165) is 24.0 Å². The molecule has 2 aliphatic heterocycles. The van der Waals surface area contributed by atoms with Gasteiger partial charge in [0.2, 0.25) is 5.91 Å². The molecule has 1 aliphatic carbocycles. The van der Waals surface area contributed by atoms with Crippen molar-refractivity contribution in [1.82, 2.24) is 20.0 Å².